The molecule has 1 aromatic heterocycles. The molecule has 14 heavy (non-hydrogen) atoms. The van der Waals surface area contributed by atoms with Crippen LogP contribution in [0.5, 0.6) is 0 Å². The molecular formula is C12H8BrN. The Balaban J connectivity index is 2.79. The van der Waals surface area contributed by atoms with Crippen LogP contribution in [0.1, 0.15) is 12.5 Å². The minimum absolute atomic E-state index is 0.972. The number of halogens is 1. The molecule has 0 amide bonds. The molecule has 0 spiro atoms. The van der Waals surface area contributed by atoms with Gasteiger partial charge in [-0.1, -0.05) is 27.9 Å². The molecule has 2 rings (SSSR count). The molecule has 0 aliphatic heterocycles. The third-order valence-corrected chi connectivity index (χ3v) is 2.46. The summed E-state index contributed by atoms with van der Waals surface area (Å²) >= 11 is 3.42. The van der Waals surface area contributed by atoms with Crippen LogP contribution in [0.4, 0.5) is 0 Å². The van der Waals surface area contributed by atoms with Gasteiger partial charge in [-0.05, 0) is 25.1 Å². The van der Waals surface area contributed by atoms with Gasteiger partial charge in [0.05, 0.1) is 5.52 Å². The molecule has 0 saturated carbocycles. The van der Waals surface area contributed by atoms with Crippen LogP contribution in [-0.4, -0.2) is 4.98 Å². The number of hydrogen-bond donors (Lipinski definition) is 0. The van der Waals surface area contributed by atoms with E-state index in [1.807, 2.05) is 31.2 Å². The van der Waals surface area contributed by atoms with E-state index in [9.17, 15) is 0 Å². The Morgan fingerprint density at radius 2 is 2.14 bits per heavy atom. The highest BCUT2D eigenvalue weighted by atomic mass is 79.9. The number of benzene rings is 1. The molecule has 0 unspecified atom stereocenters. The van der Waals surface area contributed by atoms with E-state index in [0.29, 0.717) is 0 Å². The molecule has 2 heteroatoms. The SMILES string of the molecule is CC#Cc1ccnc2cc(Br)ccc12. The Bertz CT molecular complexity index is 535. The first-order valence-electron chi connectivity index (χ1n) is 4.28. The first-order valence-corrected chi connectivity index (χ1v) is 5.07. The molecule has 0 aliphatic carbocycles. The summed E-state index contributed by atoms with van der Waals surface area (Å²) in [5, 5.41) is 1.10. The van der Waals surface area contributed by atoms with Gasteiger partial charge in [0.25, 0.3) is 0 Å². The molecule has 0 bridgehead atoms. The van der Waals surface area contributed by atoms with Crippen molar-refractivity contribution >= 4 is 26.8 Å². The van der Waals surface area contributed by atoms with Crippen molar-refractivity contribution in [3.8, 4) is 11.8 Å². The van der Waals surface area contributed by atoms with Gasteiger partial charge in [0.2, 0.25) is 0 Å². The summed E-state index contributed by atoms with van der Waals surface area (Å²) in [4.78, 5) is 4.29. The van der Waals surface area contributed by atoms with Crippen molar-refractivity contribution in [3.05, 3.63) is 40.5 Å². The fourth-order valence-electron chi connectivity index (χ4n) is 1.36. The summed E-state index contributed by atoms with van der Waals surface area (Å²) in [6.07, 6.45) is 1.79. The molecule has 68 valence electrons. The standard InChI is InChI=1S/C12H8BrN/c1-2-3-9-6-7-14-12-8-10(13)4-5-11(9)12/h4-8H,1H3. The van der Waals surface area contributed by atoms with E-state index in [2.05, 4.69) is 32.8 Å². The van der Waals surface area contributed by atoms with Crippen molar-refractivity contribution in [3.63, 3.8) is 0 Å². The average Bonchev–Trinajstić information content (AvgIpc) is 2.18. The van der Waals surface area contributed by atoms with E-state index in [1.54, 1.807) is 6.20 Å². The maximum Gasteiger partial charge on any atom is 0.0725 e. The summed E-state index contributed by atoms with van der Waals surface area (Å²) < 4.78 is 1.04. The first-order chi connectivity index (χ1) is 6.81. The normalized spacial score (nSPS) is 9.57. The highest BCUT2D eigenvalue weighted by Crippen LogP contribution is 2.20. The smallest absolute Gasteiger partial charge is 0.0725 e. The van der Waals surface area contributed by atoms with Crippen LogP contribution < -0.4 is 0 Å². The predicted molar refractivity (Wildman–Crippen MR) is 62.0 cm³/mol. The van der Waals surface area contributed by atoms with E-state index in [0.717, 1.165) is 20.9 Å². The molecule has 0 fully saturated rings. The predicted octanol–water partition coefficient (Wildman–Crippen LogP) is 3.37. The number of pyridine rings is 1. The lowest BCUT2D eigenvalue weighted by Crippen LogP contribution is -1.83. The number of rotatable bonds is 0. The molecule has 0 radical (unpaired) electrons. The van der Waals surface area contributed by atoms with Crippen LogP contribution in [-0.2, 0) is 0 Å². The molecule has 1 nitrogen and oxygen atoms in total. The Kier molecular flexibility index (Phi) is 2.51. The quantitative estimate of drug-likeness (QED) is 0.649. The van der Waals surface area contributed by atoms with Gasteiger partial charge in [-0.3, -0.25) is 4.98 Å². The van der Waals surface area contributed by atoms with Crippen molar-refractivity contribution in [1.29, 1.82) is 0 Å². The third kappa shape index (κ3) is 1.64. The van der Waals surface area contributed by atoms with Crippen LogP contribution in [0.25, 0.3) is 10.9 Å². The number of aromatic nitrogens is 1. The number of hydrogen-bond acceptors (Lipinski definition) is 1. The fraction of sp³-hybridized carbons (Fsp3) is 0.0833. The topological polar surface area (TPSA) is 12.9 Å². The van der Waals surface area contributed by atoms with Crippen molar-refractivity contribution < 1.29 is 0 Å². The summed E-state index contributed by atoms with van der Waals surface area (Å²) in [6, 6.07) is 7.97. The van der Waals surface area contributed by atoms with Crippen molar-refractivity contribution in [2.75, 3.05) is 0 Å². The number of fused-ring (bicyclic) bond motifs is 1. The summed E-state index contributed by atoms with van der Waals surface area (Å²) in [7, 11) is 0. The molecule has 0 atom stereocenters. The summed E-state index contributed by atoms with van der Waals surface area (Å²) in [5.74, 6) is 5.97. The highest BCUT2D eigenvalue weighted by Gasteiger charge is 1.99. The Labute approximate surface area is 91.3 Å². The second kappa shape index (κ2) is 3.81. The maximum absolute atomic E-state index is 4.29. The Hall–Kier alpha value is -1.33. The Morgan fingerprint density at radius 1 is 1.29 bits per heavy atom. The summed E-state index contributed by atoms with van der Waals surface area (Å²) in [6.45, 7) is 1.84. The Morgan fingerprint density at radius 3 is 2.93 bits per heavy atom. The molecule has 1 heterocycles. The van der Waals surface area contributed by atoms with Gasteiger partial charge in [0.1, 0.15) is 0 Å². The van der Waals surface area contributed by atoms with Crippen LogP contribution in [0.3, 0.4) is 0 Å². The minimum Gasteiger partial charge on any atom is -0.256 e. The lowest BCUT2D eigenvalue weighted by Gasteiger charge is -1.99. The van der Waals surface area contributed by atoms with E-state index in [1.165, 1.54) is 0 Å². The fourth-order valence-corrected chi connectivity index (χ4v) is 1.71. The summed E-state index contributed by atoms with van der Waals surface area (Å²) in [5.41, 5.74) is 2.00. The van der Waals surface area contributed by atoms with Crippen LogP contribution in [0, 0.1) is 11.8 Å². The second-order valence-corrected chi connectivity index (χ2v) is 3.81. The van der Waals surface area contributed by atoms with E-state index >= 15 is 0 Å². The minimum atomic E-state index is 0.972. The van der Waals surface area contributed by atoms with Crippen molar-refractivity contribution in [1.82, 2.24) is 4.98 Å². The zero-order valence-electron chi connectivity index (χ0n) is 7.71. The first kappa shape index (κ1) is 9.23. The molecule has 0 saturated heterocycles. The van der Waals surface area contributed by atoms with Gasteiger partial charge in [-0.15, -0.1) is 5.92 Å². The van der Waals surface area contributed by atoms with Crippen molar-refractivity contribution in [2.45, 2.75) is 6.92 Å². The monoisotopic (exact) mass is 245 g/mol. The van der Waals surface area contributed by atoms with E-state index in [4.69, 9.17) is 0 Å². The van der Waals surface area contributed by atoms with Gasteiger partial charge in [-0.2, -0.15) is 0 Å². The second-order valence-electron chi connectivity index (χ2n) is 2.89. The third-order valence-electron chi connectivity index (χ3n) is 1.96. The van der Waals surface area contributed by atoms with Crippen LogP contribution >= 0.6 is 15.9 Å². The van der Waals surface area contributed by atoms with E-state index < -0.39 is 0 Å². The zero-order valence-corrected chi connectivity index (χ0v) is 9.30. The highest BCUT2D eigenvalue weighted by molar-refractivity contribution is 9.10. The van der Waals surface area contributed by atoms with Gasteiger partial charge in [0.15, 0.2) is 0 Å². The maximum atomic E-state index is 4.29. The van der Waals surface area contributed by atoms with E-state index in [-0.39, 0.29) is 0 Å². The molecule has 2 aromatic rings. The molecule has 1 aromatic carbocycles. The van der Waals surface area contributed by atoms with Gasteiger partial charge < -0.3 is 0 Å². The molecule has 0 N–H and O–H groups in total. The van der Waals surface area contributed by atoms with Crippen LogP contribution in [0.2, 0.25) is 0 Å². The molecule has 0 aliphatic rings. The van der Waals surface area contributed by atoms with Crippen LogP contribution in [0.15, 0.2) is 34.9 Å². The van der Waals surface area contributed by atoms with Gasteiger partial charge in [-0.25, -0.2) is 0 Å². The van der Waals surface area contributed by atoms with Crippen molar-refractivity contribution in [2.24, 2.45) is 0 Å². The average molecular weight is 246 g/mol. The van der Waals surface area contributed by atoms with Gasteiger partial charge >= 0.3 is 0 Å². The van der Waals surface area contributed by atoms with Gasteiger partial charge in [0, 0.05) is 21.6 Å². The zero-order chi connectivity index (χ0) is 9.97. The molecular weight excluding hydrogens is 238 g/mol. The largest absolute Gasteiger partial charge is 0.256 e. The lowest BCUT2D eigenvalue weighted by atomic mass is 10.1. The number of nitrogens with zero attached hydrogens (tertiary/aromatic N) is 1. The lowest BCUT2D eigenvalue weighted by molar-refractivity contribution is 1.40.